The molecule has 3 heterocycles. The third kappa shape index (κ3) is 0.815. The molecule has 0 aromatic carbocycles. The number of nitrogens with zero attached hydrogens (tertiary/aromatic N) is 1. The Balaban J connectivity index is 2.13. The number of fused-ring (bicyclic) bond motifs is 4. The zero-order valence-corrected chi connectivity index (χ0v) is 6.96. The van der Waals surface area contributed by atoms with Gasteiger partial charge in [0.15, 0.2) is 0 Å². The van der Waals surface area contributed by atoms with Gasteiger partial charge in [-0.2, -0.15) is 0 Å². The first-order chi connectivity index (χ1) is 5.93. The highest BCUT2D eigenvalue weighted by Gasteiger charge is 2.31. The van der Waals surface area contributed by atoms with Gasteiger partial charge in [0.05, 0.1) is 0 Å². The first-order valence-corrected chi connectivity index (χ1v) is 4.62. The maximum atomic E-state index is 4.17. The summed E-state index contributed by atoms with van der Waals surface area (Å²) in [6.45, 7) is 0. The minimum Gasteiger partial charge on any atom is -0.307 e. The fraction of sp³-hybridized carbons (Fsp3) is 0.500. The zero-order chi connectivity index (χ0) is 7.97. The van der Waals surface area contributed by atoms with Crippen LogP contribution in [0.15, 0.2) is 18.5 Å². The summed E-state index contributed by atoms with van der Waals surface area (Å²) >= 11 is 0. The maximum Gasteiger partial charge on any atom is 0.0341 e. The van der Waals surface area contributed by atoms with Crippen molar-refractivity contribution in [1.82, 2.24) is 10.3 Å². The normalized spacial score (nSPS) is 31.7. The summed E-state index contributed by atoms with van der Waals surface area (Å²) in [6.07, 6.45) is 7.76. The highest BCUT2D eigenvalue weighted by atomic mass is 15.0. The van der Waals surface area contributed by atoms with Crippen molar-refractivity contribution in [3.05, 3.63) is 29.6 Å². The van der Waals surface area contributed by atoms with Gasteiger partial charge in [0, 0.05) is 24.5 Å². The molecule has 0 saturated carbocycles. The lowest BCUT2D eigenvalue weighted by Gasteiger charge is -2.23. The Hall–Kier alpha value is -0.890. The molecule has 0 unspecified atom stereocenters. The van der Waals surface area contributed by atoms with E-state index in [1.54, 1.807) is 0 Å². The van der Waals surface area contributed by atoms with Crippen LogP contribution >= 0.6 is 0 Å². The van der Waals surface area contributed by atoms with E-state index in [2.05, 4.69) is 16.4 Å². The summed E-state index contributed by atoms with van der Waals surface area (Å²) in [5.41, 5.74) is 2.95. The minimum absolute atomic E-state index is 0.604. The summed E-state index contributed by atoms with van der Waals surface area (Å²) < 4.78 is 0. The van der Waals surface area contributed by atoms with E-state index < -0.39 is 0 Å². The zero-order valence-electron chi connectivity index (χ0n) is 6.96. The van der Waals surface area contributed by atoms with Gasteiger partial charge in [0.25, 0.3) is 0 Å². The van der Waals surface area contributed by atoms with Gasteiger partial charge >= 0.3 is 0 Å². The molecule has 0 spiro atoms. The summed E-state index contributed by atoms with van der Waals surface area (Å²) in [5, 5.41) is 3.61. The molecule has 1 N–H and O–H groups in total. The second-order valence-corrected chi connectivity index (χ2v) is 3.77. The average Bonchev–Trinajstić information content (AvgIpc) is 2.49. The molecule has 12 heavy (non-hydrogen) atoms. The summed E-state index contributed by atoms with van der Waals surface area (Å²) in [4.78, 5) is 4.17. The molecule has 2 aliphatic rings. The number of aromatic nitrogens is 1. The third-order valence-electron chi connectivity index (χ3n) is 3.03. The standard InChI is InChI=1S/C10H12N2/c1-2-10-9-6-11-4-3-7(9)5-8(1)12-10/h3-4,6,8,10,12H,1-2,5H2/t8-,10+/m0/s1. The van der Waals surface area contributed by atoms with Crippen molar-refractivity contribution < 1.29 is 0 Å². The lowest BCUT2D eigenvalue weighted by molar-refractivity contribution is 0.513. The Labute approximate surface area is 72.0 Å². The van der Waals surface area contributed by atoms with Crippen LogP contribution in [0.25, 0.3) is 0 Å². The molecule has 2 aliphatic heterocycles. The monoisotopic (exact) mass is 160 g/mol. The number of hydrogen-bond acceptors (Lipinski definition) is 2. The van der Waals surface area contributed by atoms with Gasteiger partial charge in [-0.05, 0) is 36.5 Å². The highest BCUT2D eigenvalue weighted by Crippen LogP contribution is 2.34. The summed E-state index contributed by atoms with van der Waals surface area (Å²) in [5.74, 6) is 0. The van der Waals surface area contributed by atoms with Crippen LogP contribution in [0.5, 0.6) is 0 Å². The van der Waals surface area contributed by atoms with Crippen LogP contribution in [-0.2, 0) is 6.42 Å². The molecule has 1 saturated heterocycles. The molecular formula is C10H12N2. The van der Waals surface area contributed by atoms with Crippen molar-refractivity contribution in [3.63, 3.8) is 0 Å². The SMILES string of the molecule is c1cc2c(cn1)[C@H]1CC[C@@H](C2)N1. The van der Waals surface area contributed by atoms with Crippen molar-refractivity contribution in [1.29, 1.82) is 0 Å². The Bertz CT molecular complexity index is 308. The first kappa shape index (κ1) is 6.61. The van der Waals surface area contributed by atoms with E-state index in [0.29, 0.717) is 6.04 Å². The molecule has 0 amide bonds. The van der Waals surface area contributed by atoms with Crippen LogP contribution in [-0.4, -0.2) is 11.0 Å². The van der Waals surface area contributed by atoms with Gasteiger partial charge in [-0.3, -0.25) is 4.98 Å². The number of nitrogens with one attached hydrogen (secondary N) is 1. The van der Waals surface area contributed by atoms with E-state index >= 15 is 0 Å². The fourth-order valence-corrected chi connectivity index (χ4v) is 2.43. The maximum absolute atomic E-state index is 4.17. The third-order valence-corrected chi connectivity index (χ3v) is 3.03. The molecule has 1 aromatic rings. The quantitative estimate of drug-likeness (QED) is 0.621. The molecule has 2 bridgehead atoms. The van der Waals surface area contributed by atoms with Crippen molar-refractivity contribution >= 4 is 0 Å². The molecule has 62 valence electrons. The molecule has 2 atom stereocenters. The van der Waals surface area contributed by atoms with Crippen LogP contribution < -0.4 is 5.32 Å². The van der Waals surface area contributed by atoms with Crippen molar-refractivity contribution in [2.75, 3.05) is 0 Å². The Morgan fingerprint density at radius 2 is 2.42 bits per heavy atom. The van der Waals surface area contributed by atoms with Crippen LogP contribution in [0.1, 0.15) is 30.0 Å². The van der Waals surface area contributed by atoms with E-state index in [-0.39, 0.29) is 0 Å². The molecule has 0 aliphatic carbocycles. The molecule has 2 nitrogen and oxygen atoms in total. The first-order valence-electron chi connectivity index (χ1n) is 4.62. The minimum atomic E-state index is 0.604. The van der Waals surface area contributed by atoms with Gasteiger partial charge in [0.1, 0.15) is 0 Å². The van der Waals surface area contributed by atoms with Crippen molar-refractivity contribution in [2.24, 2.45) is 0 Å². The highest BCUT2D eigenvalue weighted by molar-refractivity contribution is 5.32. The van der Waals surface area contributed by atoms with E-state index in [0.717, 1.165) is 6.04 Å². The molecule has 1 aromatic heterocycles. The number of hydrogen-bond donors (Lipinski definition) is 1. The number of pyridine rings is 1. The predicted molar refractivity (Wildman–Crippen MR) is 46.8 cm³/mol. The second-order valence-electron chi connectivity index (χ2n) is 3.77. The van der Waals surface area contributed by atoms with E-state index in [4.69, 9.17) is 0 Å². The van der Waals surface area contributed by atoms with Gasteiger partial charge < -0.3 is 5.32 Å². The van der Waals surface area contributed by atoms with Gasteiger partial charge in [0.2, 0.25) is 0 Å². The molecule has 1 fully saturated rings. The molecular weight excluding hydrogens is 148 g/mol. The molecule has 0 radical (unpaired) electrons. The van der Waals surface area contributed by atoms with E-state index in [9.17, 15) is 0 Å². The largest absolute Gasteiger partial charge is 0.307 e. The van der Waals surface area contributed by atoms with Gasteiger partial charge in [-0.15, -0.1) is 0 Å². The number of rotatable bonds is 0. The Morgan fingerprint density at radius 1 is 1.42 bits per heavy atom. The van der Waals surface area contributed by atoms with Crippen LogP contribution in [0, 0.1) is 0 Å². The summed E-state index contributed by atoms with van der Waals surface area (Å²) in [6, 6.07) is 3.51. The smallest absolute Gasteiger partial charge is 0.0341 e. The van der Waals surface area contributed by atoms with Crippen molar-refractivity contribution in [2.45, 2.75) is 31.3 Å². The fourth-order valence-electron chi connectivity index (χ4n) is 2.43. The lowest BCUT2D eigenvalue weighted by Crippen LogP contribution is -2.31. The molecule has 2 heteroatoms. The predicted octanol–water partition coefficient (Wildman–Crippen LogP) is 1.43. The molecule has 3 rings (SSSR count). The van der Waals surface area contributed by atoms with E-state index in [1.807, 2.05) is 12.4 Å². The second kappa shape index (κ2) is 2.30. The van der Waals surface area contributed by atoms with Gasteiger partial charge in [-0.25, -0.2) is 0 Å². The Kier molecular flexibility index (Phi) is 1.27. The van der Waals surface area contributed by atoms with Gasteiger partial charge in [-0.1, -0.05) is 0 Å². The topological polar surface area (TPSA) is 24.9 Å². The van der Waals surface area contributed by atoms with Crippen LogP contribution in [0.4, 0.5) is 0 Å². The Morgan fingerprint density at radius 3 is 3.42 bits per heavy atom. The lowest BCUT2D eigenvalue weighted by atomic mass is 9.98. The summed E-state index contributed by atoms with van der Waals surface area (Å²) in [7, 11) is 0. The van der Waals surface area contributed by atoms with E-state index in [1.165, 1.54) is 30.4 Å². The van der Waals surface area contributed by atoms with Crippen LogP contribution in [0.3, 0.4) is 0 Å². The van der Waals surface area contributed by atoms with Crippen molar-refractivity contribution in [3.8, 4) is 0 Å². The van der Waals surface area contributed by atoms with Crippen LogP contribution in [0.2, 0.25) is 0 Å². The average molecular weight is 160 g/mol.